The number of fused-ring (bicyclic) bond motifs is 5. The van der Waals surface area contributed by atoms with E-state index in [1.165, 1.54) is 34.9 Å². The molecule has 1 spiro atoms. The zero-order valence-corrected chi connectivity index (χ0v) is 15.3. The van der Waals surface area contributed by atoms with Crippen LogP contribution in [-0.4, -0.2) is 24.6 Å². The van der Waals surface area contributed by atoms with Gasteiger partial charge < -0.3 is 4.74 Å². The highest BCUT2D eigenvalue weighted by molar-refractivity contribution is 5.85. The molecule has 3 aromatic rings. The highest BCUT2D eigenvalue weighted by atomic mass is 16.5. The minimum absolute atomic E-state index is 0.183. The molecule has 3 heteroatoms. The highest BCUT2D eigenvalue weighted by Crippen LogP contribution is 2.61. The van der Waals surface area contributed by atoms with Crippen LogP contribution in [0.1, 0.15) is 29.0 Å². The normalized spacial score (nSPS) is 19.0. The van der Waals surface area contributed by atoms with Crippen LogP contribution in [0.15, 0.2) is 78.9 Å². The van der Waals surface area contributed by atoms with E-state index in [0.717, 1.165) is 6.42 Å². The third-order valence-electron chi connectivity index (χ3n) is 6.13. The number of nitrogens with zero attached hydrogens (tertiary/aromatic N) is 1. The van der Waals surface area contributed by atoms with Crippen LogP contribution in [0.3, 0.4) is 0 Å². The summed E-state index contributed by atoms with van der Waals surface area (Å²) < 4.78 is 5.22. The molecule has 1 heterocycles. The number of hydrogen-bond acceptors (Lipinski definition) is 2. The van der Waals surface area contributed by atoms with Gasteiger partial charge in [-0.05, 0) is 34.2 Å². The summed E-state index contributed by atoms with van der Waals surface area (Å²) in [5, 5.41) is 0. The van der Waals surface area contributed by atoms with Crippen molar-refractivity contribution >= 4 is 6.09 Å². The Hall–Kier alpha value is -3.07. The van der Waals surface area contributed by atoms with Gasteiger partial charge in [-0.2, -0.15) is 0 Å². The summed E-state index contributed by atoms with van der Waals surface area (Å²) in [6, 6.07) is 27.5. The second-order valence-corrected chi connectivity index (χ2v) is 7.23. The van der Waals surface area contributed by atoms with Gasteiger partial charge in [-0.15, -0.1) is 0 Å². The summed E-state index contributed by atoms with van der Waals surface area (Å²) in [6.45, 7) is 0.675. The van der Waals surface area contributed by atoms with Gasteiger partial charge in [-0.1, -0.05) is 78.9 Å². The van der Waals surface area contributed by atoms with Crippen molar-refractivity contribution in [1.29, 1.82) is 0 Å². The Labute approximate surface area is 159 Å². The third kappa shape index (κ3) is 2.05. The lowest BCUT2D eigenvalue weighted by molar-refractivity contribution is 0.0961. The first-order chi connectivity index (χ1) is 13.3. The number of carbonyl (C=O) groups is 1. The predicted octanol–water partition coefficient (Wildman–Crippen LogP) is 5.17. The van der Waals surface area contributed by atoms with E-state index in [0.29, 0.717) is 6.54 Å². The topological polar surface area (TPSA) is 29.5 Å². The van der Waals surface area contributed by atoms with E-state index in [2.05, 4.69) is 72.8 Å². The number of hydrogen-bond donors (Lipinski definition) is 0. The van der Waals surface area contributed by atoms with Crippen molar-refractivity contribution in [1.82, 2.24) is 4.90 Å². The van der Waals surface area contributed by atoms with Gasteiger partial charge in [-0.25, -0.2) is 4.79 Å². The largest absolute Gasteiger partial charge is 0.453 e. The quantitative estimate of drug-likeness (QED) is 0.603. The molecule has 1 unspecified atom stereocenters. The van der Waals surface area contributed by atoms with Gasteiger partial charge in [0.1, 0.15) is 5.54 Å². The molecule has 1 amide bonds. The molecule has 5 rings (SSSR count). The van der Waals surface area contributed by atoms with E-state index in [-0.39, 0.29) is 12.0 Å². The van der Waals surface area contributed by atoms with Crippen LogP contribution in [0.2, 0.25) is 0 Å². The number of amides is 1. The van der Waals surface area contributed by atoms with Gasteiger partial charge in [0.25, 0.3) is 0 Å². The van der Waals surface area contributed by atoms with Crippen LogP contribution < -0.4 is 0 Å². The van der Waals surface area contributed by atoms with Crippen molar-refractivity contribution in [2.24, 2.45) is 0 Å². The third-order valence-corrected chi connectivity index (χ3v) is 6.13. The molecule has 1 saturated heterocycles. The Kier molecular flexibility index (Phi) is 3.57. The van der Waals surface area contributed by atoms with Crippen LogP contribution in [0, 0.1) is 0 Å². The average molecular weight is 355 g/mol. The summed E-state index contributed by atoms with van der Waals surface area (Å²) in [5.74, 6) is 0.183. The van der Waals surface area contributed by atoms with E-state index in [4.69, 9.17) is 4.74 Å². The molecule has 2 aliphatic rings. The molecular weight excluding hydrogens is 334 g/mol. The zero-order chi connectivity index (χ0) is 18.4. The highest BCUT2D eigenvalue weighted by Gasteiger charge is 2.58. The second-order valence-electron chi connectivity index (χ2n) is 7.23. The van der Waals surface area contributed by atoms with Crippen molar-refractivity contribution in [3.63, 3.8) is 0 Å². The van der Waals surface area contributed by atoms with Crippen LogP contribution in [0.25, 0.3) is 11.1 Å². The smallest absolute Gasteiger partial charge is 0.410 e. The minimum atomic E-state index is -0.526. The molecule has 1 fully saturated rings. The van der Waals surface area contributed by atoms with E-state index in [9.17, 15) is 4.79 Å². The Bertz CT molecular complexity index is 966. The van der Waals surface area contributed by atoms with E-state index in [1.54, 1.807) is 0 Å². The number of ether oxygens (including phenoxy) is 1. The van der Waals surface area contributed by atoms with Crippen LogP contribution in [0.4, 0.5) is 4.79 Å². The lowest BCUT2D eigenvalue weighted by Crippen LogP contribution is -2.47. The molecule has 1 atom stereocenters. The van der Waals surface area contributed by atoms with Crippen molar-refractivity contribution < 1.29 is 9.53 Å². The van der Waals surface area contributed by atoms with Gasteiger partial charge in [0, 0.05) is 12.5 Å². The van der Waals surface area contributed by atoms with Gasteiger partial charge in [0.05, 0.1) is 7.11 Å². The fourth-order valence-corrected chi connectivity index (χ4v) is 5.18. The Morgan fingerprint density at radius 1 is 0.889 bits per heavy atom. The number of likely N-dealkylation sites (tertiary alicyclic amines) is 1. The monoisotopic (exact) mass is 355 g/mol. The van der Waals surface area contributed by atoms with Crippen LogP contribution in [-0.2, 0) is 10.3 Å². The SMILES string of the molecule is COC(=O)N1CCC(c2ccccc2)C12c1ccccc1-c1ccccc12. The van der Waals surface area contributed by atoms with E-state index < -0.39 is 5.54 Å². The Balaban J connectivity index is 1.85. The van der Waals surface area contributed by atoms with E-state index in [1.807, 2.05) is 11.0 Å². The molecule has 0 N–H and O–H groups in total. The first-order valence-electron chi connectivity index (χ1n) is 9.38. The van der Waals surface area contributed by atoms with Crippen molar-refractivity contribution in [2.45, 2.75) is 17.9 Å². The maximum Gasteiger partial charge on any atom is 0.410 e. The fraction of sp³-hybridized carbons (Fsp3) is 0.208. The Morgan fingerprint density at radius 3 is 2.04 bits per heavy atom. The zero-order valence-electron chi connectivity index (χ0n) is 15.3. The second kappa shape index (κ2) is 5.98. The van der Waals surface area contributed by atoms with Crippen molar-refractivity contribution in [3.8, 4) is 11.1 Å². The van der Waals surface area contributed by atoms with Crippen molar-refractivity contribution in [2.75, 3.05) is 13.7 Å². The number of rotatable bonds is 1. The average Bonchev–Trinajstić information content (AvgIpc) is 3.27. The van der Waals surface area contributed by atoms with Gasteiger partial charge in [0.2, 0.25) is 0 Å². The lowest BCUT2D eigenvalue weighted by Gasteiger charge is -2.40. The van der Waals surface area contributed by atoms with Crippen LogP contribution >= 0.6 is 0 Å². The lowest BCUT2D eigenvalue weighted by atomic mass is 9.73. The molecule has 134 valence electrons. The molecule has 3 aromatic carbocycles. The Morgan fingerprint density at radius 2 is 1.44 bits per heavy atom. The number of benzene rings is 3. The molecule has 0 bridgehead atoms. The first-order valence-corrected chi connectivity index (χ1v) is 9.38. The molecule has 3 nitrogen and oxygen atoms in total. The summed E-state index contributed by atoms with van der Waals surface area (Å²) in [4.78, 5) is 14.8. The van der Waals surface area contributed by atoms with Crippen LogP contribution in [0.5, 0.6) is 0 Å². The molecule has 0 aromatic heterocycles. The molecule has 1 aliphatic heterocycles. The number of methoxy groups -OCH3 is 1. The first kappa shape index (κ1) is 16.1. The molecule has 1 aliphatic carbocycles. The van der Waals surface area contributed by atoms with Gasteiger partial charge >= 0.3 is 6.09 Å². The molecule has 27 heavy (non-hydrogen) atoms. The maximum atomic E-state index is 12.9. The summed E-state index contributed by atoms with van der Waals surface area (Å²) >= 11 is 0. The standard InChI is InChI=1S/C24H21NO2/c1-27-23(26)25-16-15-20(17-9-3-2-4-10-17)24(25)21-13-7-5-11-18(21)19-12-6-8-14-22(19)24/h2-14,20H,15-16H2,1H3. The van der Waals surface area contributed by atoms with Gasteiger partial charge in [0.15, 0.2) is 0 Å². The summed E-state index contributed by atoms with van der Waals surface area (Å²) in [7, 11) is 1.47. The van der Waals surface area contributed by atoms with Gasteiger partial charge in [-0.3, -0.25) is 4.90 Å². The molecule has 0 radical (unpaired) electrons. The predicted molar refractivity (Wildman–Crippen MR) is 106 cm³/mol. The minimum Gasteiger partial charge on any atom is -0.453 e. The number of carbonyl (C=O) groups excluding carboxylic acids is 1. The van der Waals surface area contributed by atoms with Crippen molar-refractivity contribution in [3.05, 3.63) is 95.6 Å². The fourth-order valence-electron chi connectivity index (χ4n) is 5.18. The summed E-state index contributed by atoms with van der Waals surface area (Å²) in [5.41, 5.74) is 5.55. The van der Waals surface area contributed by atoms with E-state index >= 15 is 0 Å². The molecular formula is C24H21NO2. The molecule has 0 saturated carbocycles. The maximum absolute atomic E-state index is 12.9. The summed E-state index contributed by atoms with van der Waals surface area (Å²) in [6.07, 6.45) is 0.641.